The van der Waals surface area contributed by atoms with Crippen LogP contribution >= 0.6 is 11.6 Å². The van der Waals surface area contributed by atoms with Gasteiger partial charge in [0, 0.05) is 46.0 Å². The van der Waals surface area contributed by atoms with Crippen LogP contribution in [-0.4, -0.2) is 108 Å². The summed E-state index contributed by atoms with van der Waals surface area (Å²) in [6.07, 6.45) is 2.53. The number of pyridine rings is 1. The molecule has 242 valence electrons. The molecule has 16 heteroatoms. The average Bonchev–Trinajstić information content (AvgIpc) is 3.35. The second-order valence-electron chi connectivity index (χ2n) is 10.7. The number of likely N-dealkylation sites (N-methyl/N-ethyl adjacent to an activating group) is 1. The zero-order valence-corrected chi connectivity index (χ0v) is 26.2. The van der Waals surface area contributed by atoms with Gasteiger partial charge < -0.3 is 35.0 Å². The van der Waals surface area contributed by atoms with Crippen LogP contribution in [0.2, 0.25) is 5.02 Å². The Kier molecular flexibility index (Phi) is 11.9. The highest BCUT2D eigenvalue weighted by atomic mass is 35.5. The lowest BCUT2D eigenvalue weighted by Gasteiger charge is -2.32. The third-order valence-corrected chi connectivity index (χ3v) is 7.18. The molecule has 4 rings (SSSR count). The molecule has 45 heavy (non-hydrogen) atoms. The van der Waals surface area contributed by atoms with Crippen molar-refractivity contribution in [1.29, 1.82) is 0 Å². The van der Waals surface area contributed by atoms with Gasteiger partial charge in [0.1, 0.15) is 0 Å². The molecule has 3 aromatic rings. The minimum Gasteiger partial charge on any atom is -0.483 e. The lowest BCUT2D eigenvalue weighted by atomic mass is 10.0. The van der Waals surface area contributed by atoms with Gasteiger partial charge >= 0.3 is 0 Å². The van der Waals surface area contributed by atoms with Gasteiger partial charge in [-0.3, -0.25) is 19.2 Å². The molecule has 0 radical (unpaired) electrons. The molecule has 0 aliphatic carbocycles. The number of hydrogen-bond acceptors (Lipinski definition) is 8. The fourth-order valence-corrected chi connectivity index (χ4v) is 4.99. The first kappa shape index (κ1) is 34.9. The van der Waals surface area contributed by atoms with E-state index < -0.39 is 17.7 Å². The fraction of sp³-hybridized carbons (Fsp3) is 0.379. The van der Waals surface area contributed by atoms with Gasteiger partial charge in [-0.15, -0.1) is 0 Å². The quantitative estimate of drug-likeness (QED) is 0.247. The van der Waals surface area contributed by atoms with Crippen LogP contribution in [0.15, 0.2) is 30.5 Å². The summed E-state index contributed by atoms with van der Waals surface area (Å²) in [6, 6.07) is 5.56. The van der Waals surface area contributed by atoms with Crippen molar-refractivity contribution in [3.8, 4) is 11.3 Å². The molecule has 0 spiro atoms. The molecule has 1 fully saturated rings. The highest BCUT2D eigenvalue weighted by Crippen LogP contribution is 2.28. The van der Waals surface area contributed by atoms with Gasteiger partial charge in [0.25, 0.3) is 18.3 Å². The van der Waals surface area contributed by atoms with Crippen molar-refractivity contribution >= 4 is 47.3 Å². The predicted molar refractivity (Wildman–Crippen MR) is 164 cm³/mol. The highest BCUT2D eigenvalue weighted by Gasteiger charge is 2.26. The van der Waals surface area contributed by atoms with Crippen molar-refractivity contribution in [3.05, 3.63) is 58.6 Å². The van der Waals surface area contributed by atoms with Crippen molar-refractivity contribution in [3.63, 3.8) is 0 Å². The molecule has 1 aliphatic heterocycles. The summed E-state index contributed by atoms with van der Waals surface area (Å²) >= 11 is 6.43. The van der Waals surface area contributed by atoms with E-state index in [4.69, 9.17) is 21.5 Å². The first-order chi connectivity index (χ1) is 21.3. The molecule has 2 aromatic heterocycles. The van der Waals surface area contributed by atoms with Crippen molar-refractivity contribution in [1.82, 2.24) is 29.7 Å². The second kappa shape index (κ2) is 15.4. The van der Waals surface area contributed by atoms with E-state index in [1.54, 1.807) is 30.0 Å². The minimum absolute atomic E-state index is 0.00499. The van der Waals surface area contributed by atoms with Crippen molar-refractivity contribution in [2.75, 3.05) is 58.0 Å². The number of nitrogens with one attached hydrogen (secondary N) is 2. The zero-order chi connectivity index (χ0) is 33.4. The van der Waals surface area contributed by atoms with Crippen LogP contribution in [0.4, 0.5) is 20.3 Å². The summed E-state index contributed by atoms with van der Waals surface area (Å²) in [7, 11) is 8.24. The van der Waals surface area contributed by atoms with Crippen LogP contribution in [0.5, 0.6) is 0 Å². The Balaban J connectivity index is 0.00000177. The monoisotopic (exact) mass is 648 g/mol. The Bertz CT molecular complexity index is 1560. The van der Waals surface area contributed by atoms with E-state index in [1.165, 1.54) is 34.8 Å². The number of piperidine rings is 1. The molecule has 3 amide bonds. The SMILES string of the molecule is CN(C)CC(=O)NC1CCN(C(=O)c2ccc(NC(=O)c3ncc(-c4cc(F)c(N(C)C)nc4F)n3C)cc2Cl)CC1.O=CO. The minimum atomic E-state index is -0.902. The smallest absolute Gasteiger partial charge is 0.291 e. The number of benzene rings is 1. The topological polar surface area (TPSA) is 153 Å². The van der Waals surface area contributed by atoms with Crippen LogP contribution < -0.4 is 15.5 Å². The van der Waals surface area contributed by atoms with Gasteiger partial charge in [-0.2, -0.15) is 9.37 Å². The summed E-state index contributed by atoms with van der Waals surface area (Å²) in [6.45, 7) is 1.000. The average molecular weight is 649 g/mol. The molecule has 0 unspecified atom stereocenters. The number of anilines is 2. The molecule has 1 saturated heterocycles. The number of carbonyl (C=O) groups excluding carboxylic acids is 3. The summed E-state index contributed by atoms with van der Waals surface area (Å²) < 4.78 is 30.5. The number of carbonyl (C=O) groups is 4. The largest absolute Gasteiger partial charge is 0.483 e. The Labute approximate surface area is 263 Å². The predicted octanol–water partition coefficient (Wildman–Crippen LogP) is 2.72. The van der Waals surface area contributed by atoms with Gasteiger partial charge in [-0.1, -0.05) is 11.6 Å². The Hall–Kier alpha value is -4.63. The van der Waals surface area contributed by atoms with E-state index in [1.807, 2.05) is 14.1 Å². The number of halogens is 3. The van der Waals surface area contributed by atoms with E-state index in [-0.39, 0.29) is 57.8 Å². The summed E-state index contributed by atoms with van der Waals surface area (Å²) in [5.74, 6) is -2.74. The summed E-state index contributed by atoms with van der Waals surface area (Å²) in [5.41, 5.74) is 0.630. The first-order valence-electron chi connectivity index (χ1n) is 13.7. The summed E-state index contributed by atoms with van der Waals surface area (Å²) in [4.78, 5) is 59.1. The van der Waals surface area contributed by atoms with Crippen LogP contribution in [0.3, 0.4) is 0 Å². The molecule has 0 atom stereocenters. The van der Waals surface area contributed by atoms with Gasteiger partial charge in [0.2, 0.25) is 11.9 Å². The molecule has 3 N–H and O–H groups in total. The molecular formula is C29H35ClF2N8O5. The van der Waals surface area contributed by atoms with Crippen LogP contribution in [0.1, 0.15) is 33.8 Å². The van der Waals surface area contributed by atoms with E-state index >= 15 is 0 Å². The highest BCUT2D eigenvalue weighted by molar-refractivity contribution is 6.34. The van der Waals surface area contributed by atoms with Gasteiger partial charge in [-0.25, -0.2) is 9.37 Å². The van der Waals surface area contributed by atoms with Crippen molar-refractivity contribution in [2.24, 2.45) is 7.05 Å². The van der Waals surface area contributed by atoms with Crippen LogP contribution in [-0.2, 0) is 16.6 Å². The molecule has 1 aromatic carbocycles. The number of imidazole rings is 1. The van der Waals surface area contributed by atoms with Crippen molar-refractivity contribution in [2.45, 2.75) is 18.9 Å². The third-order valence-electron chi connectivity index (χ3n) is 6.87. The third kappa shape index (κ3) is 8.73. The van der Waals surface area contributed by atoms with Gasteiger partial charge in [-0.05, 0) is 51.2 Å². The maximum absolute atomic E-state index is 14.7. The molecule has 13 nitrogen and oxygen atoms in total. The number of likely N-dealkylation sites (tertiary alicyclic amines) is 1. The zero-order valence-electron chi connectivity index (χ0n) is 25.5. The first-order valence-corrected chi connectivity index (χ1v) is 14.1. The van der Waals surface area contributed by atoms with Gasteiger partial charge in [0.15, 0.2) is 17.5 Å². The molecule has 1 aliphatic rings. The Morgan fingerprint density at radius 1 is 1.13 bits per heavy atom. The number of rotatable bonds is 8. The number of amides is 3. The standard InChI is InChI=1S/C28H33ClF2N8O3.CH2O2/c1-36(2)15-23(40)33-16-8-10-39(11-9-16)28(42)18-7-6-17(12-20(18)29)34-27(41)26-32-14-22(38(26)5)19-13-21(30)25(37(3)4)35-24(19)31;2-1-3/h6-7,12-14,16H,8-11,15H2,1-5H3,(H,33,40)(H,34,41);1H,(H,2,3). The fourth-order valence-electron chi connectivity index (χ4n) is 4.73. The number of nitrogens with zero attached hydrogens (tertiary/aromatic N) is 6. The van der Waals surface area contributed by atoms with E-state index in [0.717, 1.165) is 6.07 Å². The Morgan fingerprint density at radius 3 is 2.36 bits per heavy atom. The maximum atomic E-state index is 14.7. The lowest BCUT2D eigenvalue weighted by Crippen LogP contribution is -2.48. The number of hydrogen-bond donors (Lipinski definition) is 3. The molecule has 0 saturated carbocycles. The summed E-state index contributed by atoms with van der Waals surface area (Å²) in [5, 5.41) is 12.7. The van der Waals surface area contributed by atoms with Crippen LogP contribution in [0, 0.1) is 11.8 Å². The molecule has 3 heterocycles. The van der Waals surface area contributed by atoms with E-state index in [2.05, 4.69) is 20.6 Å². The van der Waals surface area contributed by atoms with E-state index in [9.17, 15) is 23.2 Å². The molecular weight excluding hydrogens is 614 g/mol. The number of carboxylic acid groups (broad SMARTS) is 1. The second-order valence-corrected chi connectivity index (χ2v) is 11.1. The van der Waals surface area contributed by atoms with Crippen LogP contribution in [0.25, 0.3) is 11.3 Å². The van der Waals surface area contributed by atoms with Crippen molar-refractivity contribution < 1.29 is 33.1 Å². The lowest BCUT2D eigenvalue weighted by molar-refractivity contribution is -0.123. The van der Waals surface area contributed by atoms with Gasteiger partial charge in [0.05, 0.1) is 34.6 Å². The Morgan fingerprint density at radius 2 is 1.78 bits per heavy atom. The number of aromatic nitrogens is 3. The molecule has 0 bridgehead atoms. The maximum Gasteiger partial charge on any atom is 0.291 e. The van der Waals surface area contributed by atoms with E-state index in [0.29, 0.717) is 38.2 Å². The normalized spacial score (nSPS) is 13.1.